The average molecular weight is 535 g/mol. The highest BCUT2D eigenvalue weighted by molar-refractivity contribution is 6.35. The molecule has 1 N–H and O–H groups in total. The van der Waals surface area contributed by atoms with E-state index < -0.39 is 5.91 Å². The van der Waals surface area contributed by atoms with Crippen molar-refractivity contribution in [2.45, 2.75) is 13.2 Å². The maximum Gasteiger partial charge on any atom is 0.271 e. The summed E-state index contributed by atoms with van der Waals surface area (Å²) < 4.78 is 17.2. The maximum atomic E-state index is 12.7. The lowest BCUT2D eigenvalue weighted by molar-refractivity contribution is 0.0954. The fourth-order valence-corrected chi connectivity index (χ4v) is 3.86. The summed E-state index contributed by atoms with van der Waals surface area (Å²) in [6.45, 7) is 0.643. The molecule has 4 aromatic carbocycles. The van der Waals surface area contributed by atoms with Gasteiger partial charge >= 0.3 is 0 Å². The summed E-state index contributed by atoms with van der Waals surface area (Å²) in [6.07, 6.45) is 1.52. The summed E-state index contributed by atoms with van der Waals surface area (Å²) in [5.41, 5.74) is 5.43. The Labute approximate surface area is 225 Å². The van der Waals surface area contributed by atoms with E-state index in [-0.39, 0.29) is 6.61 Å². The molecule has 4 rings (SSSR count). The van der Waals surface area contributed by atoms with Crippen LogP contribution in [0, 0.1) is 0 Å². The van der Waals surface area contributed by atoms with E-state index in [4.69, 9.17) is 37.4 Å². The fourth-order valence-electron chi connectivity index (χ4n) is 3.40. The number of halogens is 2. The minimum absolute atomic E-state index is 0.256. The van der Waals surface area contributed by atoms with Crippen molar-refractivity contribution in [1.82, 2.24) is 5.43 Å². The number of methoxy groups -OCH3 is 1. The molecule has 0 aliphatic rings. The van der Waals surface area contributed by atoms with Gasteiger partial charge in [0.15, 0.2) is 11.5 Å². The molecule has 0 atom stereocenters. The molecule has 0 saturated carbocycles. The molecular formula is C29H24Cl2N2O4. The minimum atomic E-state index is -0.393. The SMILES string of the molecule is COc1cc(C(=O)N/N=C/c2ccccc2OCc2ccc(Cl)cc2Cl)ccc1OCc1ccccc1. The molecule has 0 unspecified atom stereocenters. The summed E-state index contributed by atoms with van der Waals surface area (Å²) in [5.74, 6) is 1.19. The van der Waals surface area contributed by atoms with Crippen molar-refractivity contribution < 1.29 is 19.0 Å². The predicted octanol–water partition coefficient (Wildman–Crippen LogP) is 6.92. The smallest absolute Gasteiger partial charge is 0.271 e. The first-order chi connectivity index (χ1) is 18.0. The molecule has 0 saturated heterocycles. The zero-order valence-electron chi connectivity index (χ0n) is 20.0. The Balaban J connectivity index is 1.38. The topological polar surface area (TPSA) is 69.2 Å². The number of rotatable bonds is 10. The van der Waals surface area contributed by atoms with E-state index in [0.29, 0.717) is 45.0 Å². The number of ether oxygens (including phenoxy) is 3. The third-order valence-corrected chi connectivity index (χ3v) is 5.94. The zero-order valence-corrected chi connectivity index (χ0v) is 21.5. The van der Waals surface area contributed by atoms with Gasteiger partial charge in [-0.1, -0.05) is 71.7 Å². The van der Waals surface area contributed by atoms with Gasteiger partial charge in [0, 0.05) is 26.7 Å². The standard InChI is InChI=1S/C29H24Cl2N2O4/c1-35-28-15-21(12-14-27(28)36-18-20-7-3-2-4-8-20)29(34)33-32-17-22-9-5-6-10-26(22)37-19-23-11-13-24(30)16-25(23)31/h2-17H,18-19H2,1H3,(H,33,34)/b32-17+. The van der Waals surface area contributed by atoms with Gasteiger partial charge in [-0.15, -0.1) is 0 Å². The van der Waals surface area contributed by atoms with Crippen LogP contribution in [0.4, 0.5) is 0 Å². The summed E-state index contributed by atoms with van der Waals surface area (Å²) in [5, 5.41) is 5.18. The van der Waals surface area contributed by atoms with Crippen LogP contribution < -0.4 is 19.6 Å². The number of benzene rings is 4. The van der Waals surface area contributed by atoms with Crippen LogP contribution in [0.15, 0.2) is 96.1 Å². The third-order valence-electron chi connectivity index (χ3n) is 5.35. The number of carbonyl (C=O) groups is 1. The van der Waals surface area contributed by atoms with E-state index in [0.717, 1.165) is 11.1 Å². The van der Waals surface area contributed by atoms with Crippen LogP contribution in [0.5, 0.6) is 17.2 Å². The summed E-state index contributed by atoms with van der Waals surface area (Å²) in [6, 6.07) is 27.3. The van der Waals surface area contributed by atoms with Crippen molar-refractivity contribution in [3.05, 3.63) is 123 Å². The van der Waals surface area contributed by atoms with Crippen LogP contribution in [0.3, 0.4) is 0 Å². The van der Waals surface area contributed by atoms with Crippen LogP contribution in [-0.4, -0.2) is 19.2 Å². The van der Waals surface area contributed by atoms with Crippen molar-refractivity contribution in [1.29, 1.82) is 0 Å². The summed E-state index contributed by atoms with van der Waals surface area (Å²) >= 11 is 12.2. The van der Waals surface area contributed by atoms with Crippen molar-refractivity contribution >= 4 is 35.3 Å². The Morgan fingerprint density at radius 3 is 2.38 bits per heavy atom. The van der Waals surface area contributed by atoms with Crippen LogP contribution in [0.25, 0.3) is 0 Å². The van der Waals surface area contributed by atoms with E-state index >= 15 is 0 Å². The van der Waals surface area contributed by atoms with Crippen molar-refractivity contribution in [2.75, 3.05) is 7.11 Å². The number of hydrogen-bond acceptors (Lipinski definition) is 5. The van der Waals surface area contributed by atoms with Crippen LogP contribution >= 0.6 is 23.2 Å². The van der Waals surface area contributed by atoms with Gasteiger partial charge in [0.2, 0.25) is 0 Å². The molecule has 0 aliphatic heterocycles. The lowest BCUT2D eigenvalue weighted by Crippen LogP contribution is -2.17. The first kappa shape index (κ1) is 26.1. The Morgan fingerprint density at radius 1 is 0.838 bits per heavy atom. The first-order valence-electron chi connectivity index (χ1n) is 11.4. The fraction of sp³-hybridized carbons (Fsp3) is 0.103. The zero-order chi connectivity index (χ0) is 26.0. The monoisotopic (exact) mass is 534 g/mol. The summed E-state index contributed by atoms with van der Waals surface area (Å²) in [4.78, 5) is 12.7. The van der Waals surface area contributed by atoms with Crippen molar-refractivity contribution in [3.8, 4) is 17.2 Å². The van der Waals surface area contributed by atoms with E-state index in [1.54, 1.807) is 30.3 Å². The number of hydrazone groups is 1. The molecule has 8 heteroatoms. The molecule has 4 aromatic rings. The molecule has 0 fully saturated rings. The van der Waals surface area contributed by atoms with Gasteiger partial charge in [-0.3, -0.25) is 4.79 Å². The Hall–Kier alpha value is -4.00. The molecule has 37 heavy (non-hydrogen) atoms. The Bertz CT molecular complexity index is 1390. The molecule has 0 aliphatic carbocycles. The van der Waals surface area contributed by atoms with Gasteiger partial charge in [0.1, 0.15) is 19.0 Å². The van der Waals surface area contributed by atoms with Gasteiger partial charge in [0.05, 0.1) is 13.3 Å². The van der Waals surface area contributed by atoms with Crippen LogP contribution in [0.2, 0.25) is 10.0 Å². The number of nitrogens with one attached hydrogen (secondary N) is 1. The molecule has 0 bridgehead atoms. The number of para-hydroxylation sites is 1. The summed E-state index contributed by atoms with van der Waals surface area (Å²) in [7, 11) is 1.53. The highest BCUT2D eigenvalue weighted by atomic mass is 35.5. The van der Waals surface area contributed by atoms with Gasteiger partial charge in [-0.25, -0.2) is 5.43 Å². The van der Waals surface area contributed by atoms with Crippen molar-refractivity contribution in [2.24, 2.45) is 5.10 Å². The second-order valence-electron chi connectivity index (χ2n) is 7.90. The largest absolute Gasteiger partial charge is 0.493 e. The normalized spacial score (nSPS) is 10.8. The molecule has 6 nitrogen and oxygen atoms in total. The number of hydrogen-bond donors (Lipinski definition) is 1. The second kappa shape index (κ2) is 12.8. The van der Waals surface area contributed by atoms with Crippen LogP contribution in [-0.2, 0) is 13.2 Å². The van der Waals surface area contributed by atoms with E-state index in [9.17, 15) is 4.79 Å². The molecule has 0 aromatic heterocycles. The molecule has 188 valence electrons. The van der Waals surface area contributed by atoms with Gasteiger partial charge in [0.25, 0.3) is 5.91 Å². The average Bonchev–Trinajstić information content (AvgIpc) is 2.92. The molecule has 0 heterocycles. The van der Waals surface area contributed by atoms with Gasteiger partial charge in [-0.2, -0.15) is 5.10 Å². The maximum absolute atomic E-state index is 12.7. The highest BCUT2D eigenvalue weighted by Gasteiger charge is 2.11. The number of carbonyl (C=O) groups excluding carboxylic acids is 1. The van der Waals surface area contributed by atoms with E-state index in [1.165, 1.54) is 13.3 Å². The van der Waals surface area contributed by atoms with Gasteiger partial charge < -0.3 is 14.2 Å². The van der Waals surface area contributed by atoms with E-state index in [2.05, 4.69) is 10.5 Å². The first-order valence-corrected chi connectivity index (χ1v) is 12.1. The van der Waals surface area contributed by atoms with Crippen molar-refractivity contribution in [3.63, 3.8) is 0 Å². The van der Waals surface area contributed by atoms with E-state index in [1.807, 2.05) is 60.7 Å². The number of amides is 1. The lowest BCUT2D eigenvalue weighted by atomic mass is 10.2. The highest BCUT2D eigenvalue weighted by Crippen LogP contribution is 2.29. The molecule has 1 amide bonds. The Kier molecular flexibility index (Phi) is 9.03. The molecule has 0 spiro atoms. The Morgan fingerprint density at radius 2 is 1.59 bits per heavy atom. The minimum Gasteiger partial charge on any atom is -0.493 e. The molecular weight excluding hydrogens is 511 g/mol. The van der Waals surface area contributed by atoms with Crippen LogP contribution in [0.1, 0.15) is 27.0 Å². The second-order valence-corrected chi connectivity index (χ2v) is 8.74. The predicted molar refractivity (Wildman–Crippen MR) is 146 cm³/mol. The number of nitrogens with zero attached hydrogens (tertiary/aromatic N) is 1. The quantitative estimate of drug-likeness (QED) is 0.177. The molecule has 0 radical (unpaired) electrons. The third kappa shape index (κ3) is 7.26. The van der Waals surface area contributed by atoms with Gasteiger partial charge in [-0.05, 0) is 48.0 Å². The lowest BCUT2D eigenvalue weighted by Gasteiger charge is -2.12.